The molecule has 3 aromatic rings. The number of carbonyl (C=O) groups excluding carboxylic acids is 2. The summed E-state index contributed by atoms with van der Waals surface area (Å²) in [6, 6.07) is 8.76. The van der Waals surface area contributed by atoms with E-state index in [9.17, 15) is 27.2 Å². The van der Waals surface area contributed by atoms with E-state index >= 15 is 0 Å². The second-order valence-corrected chi connectivity index (χ2v) is 9.06. The van der Waals surface area contributed by atoms with Crippen molar-refractivity contribution in [1.82, 2.24) is 25.4 Å². The smallest absolute Gasteiger partial charge is 0.267 e. The second-order valence-electron chi connectivity index (χ2n) is 7.29. The average Bonchev–Trinajstić information content (AvgIpc) is 2.77. The molecule has 174 valence electrons. The van der Waals surface area contributed by atoms with Crippen LogP contribution in [0.15, 0.2) is 52.2 Å². The molecule has 3 N–H and O–H groups in total. The first-order chi connectivity index (χ1) is 15.6. The van der Waals surface area contributed by atoms with Crippen LogP contribution < -0.4 is 21.1 Å². The number of hydrogen-bond donors (Lipinski definition) is 3. The molecule has 1 aromatic heterocycles. The Balaban J connectivity index is 1.89. The first kappa shape index (κ1) is 24.0. The van der Waals surface area contributed by atoms with Crippen molar-refractivity contribution in [2.75, 3.05) is 6.54 Å². The van der Waals surface area contributed by atoms with Crippen LogP contribution in [0.3, 0.4) is 0 Å². The molecule has 0 aliphatic rings. The van der Waals surface area contributed by atoms with E-state index in [1.54, 1.807) is 45.0 Å². The molecule has 3 rings (SSSR count). The highest BCUT2D eigenvalue weighted by atomic mass is 32.2. The Kier molecular flexibility index (Phi) is 6.89. The van der Waals surface area contributed by atoms with E-state index in [4.69, 9.17) is 0 Å². The Morgan fingerprint density at radius 3 is 2.33 bits per heavy atom. The van der Waals surface area contributed by atoms with Gasteiger partial charge >= 0.3 is 0 Å². The van der Waals surface area contributed by atoms with Crippen LogP contribution in [0.4, 0.5) is 4.39 Å². The number of carbonyl (C=O) groups is 2. The number of sulfonamides is 1. The summed E-state index contributed by atoms with van der Waals surface area (Å²) in [4.78, 5) is 37.5. The Morgan fingerprint density at radius 2 is 1.70 bits per heavy atom. The number of hydrogen-bond acceptors (Lipinski definition) is 6. The number of fused-ring (bicyclic) bond motifs is 1. The summed E-state index contributed by atoms with van der Waals surface area (Å²) in [6.45, 7) is 5.13. The van der Waals surface area contributed by atoms with Gasteiger partial charge in [-0.05, 0) is 38.1 Å². The summed E-state index contributed by atoms with van der Waals surface area (Å²) < 4.78 is 41.9. The zero-order valence-electron chi connectivity index (χ0n) is 18.0. The predicted octanol–water partition coefficient (Wildman–Crippen LogP) is 1.49. The molecule has 0 unspecified atom stereocenters. The monoisotopic (exact) mass is 475 g/mol. The van der Waals surface area contributed by atoms with Gasteiger partial charge in [-0.2, -0.15) is 5.10 Å². The second kappa shape index (κ2) is 9.46. The molecule has 0 atom stereocenters. The van der Waals surface area contributed by atoms with Crippen LogP contribution >= 0.6 is 0 Å². The molecule has 0 aliphatic heterocycles. The fraction of sp³-hybridized carbons (Fsp3) is 0.238. The van der Waals surface area contributed by atoms with Crippen molar-refractivity contribution in [2.45, 2.75) is 31.7 Å². The number of hydrazine groups is 1. The van der Waals surface area contributed by atoms with Gasteiger partial charge in [0.1, 0.15) is 5.82 Å². The third kappa shape index (κ3) is 4.91. The number of halogens is 1. The molecule has 12 heteroatoms. The lowest BCUT2D eigenvalue weighted by molar-refractivity contribution is 0.0841. The highest BCUT2D eigenvalue weighted by Crippen LogP contribution is 2.16. The van der Waals surface area contributed by atoms with Crippen LogP contribution in [0.5, 0.6) is 0 Å². The van der Waals surface area contributed by atoms with Gasteiger partial charge in [0.2, 0.25) is 10.0 Å². The largest absolute Gasteiger partial charge is 0.290 e. The molecule has 0 aliphatic carbocycles. The fourth-order valence-corrected chi connectivity index (χ4v) is 4.15. The SMILES string of the molecule is CCNS(=O)(=O)c1ccc(F)c(C(=O)NNC(=O)c2nn(C(C)C)c(=O)c3ccccc23)c1. The Morgan fingerprint density at radius 1 is 1.06 bits per heavy atom. The van der Waals surface area contributed by atoms with Gasteiger partial charge in [0.25, 0.3) is 17.4 Å². The van der Waals surface area contributed by atoms with Crippen molar-refractivity contribution in [2.24, 2.45) is 0 Å². The van der Waals surface area contributed by atoms with E-state index < -0.39 is 33.2 Å². The molecule has 10 nitrogen and oxygen atoms in total. The maximum atomic E-state index is 14.2. The fourth-order valence-electron chi connectivity index (χ4n) is 3.08. The minimum Gasteiger partial charge on any atom is -0.267 e. The Labute approximate surface area is 188 Å². The summed E-state index contributed by atoms with van der Waals surface area (Å²) in [5.74, 6) is -2.89. The van der Waals surface area contributed by atoms with Crippen molar-refractivity contribution in [3.8, 4) is 0 Å². The number of amides is 2. The number of nitrogens with one attached hydrogen (secondary N) is 3. The Bertz CT molecular complexity index is 1400. The van der Waals surface area contributed by atoms with E-state index in [1.807, 2.05) is 0 Å². The van der Waals surface area contributed by atoms with E-state index in [0.29, 0.717) is 0 Å². The van der Waals surface area contributed by atoms with Crippen LogP contribution in [0.25, 0.3) is 10.8 Å². The normalized spacial score (nSPS) is 11.5. The van der Waals surface area contributed by atoms with Crippen molar-refractivity contribution < 1.29 is 22.4 Å². The van der Waals surface area contributed by atoms with Gasteiger partial charge in [-0.3, -0.25) is 25.2 Å². The van der Waals surface area contributed by atoms with E-state index in [0.717, 1.165) is 22.9 Å². The van der Waals surface area contributed by atoms with E-state index in [2.05, 4.69) is 20.7 Å². The summed E-state index contributed by atoms with van der Waals surface area (Å²) in [5, 5.41) is 4.66. The third-order valence-corrected chi connectivity index (χ3v) is 6.19. The van der Waals surface area contributed by atoms with E-state index in [-0.39, 0.29) is 39.5 Å². The summed E-state index contributed by atoms with van der Waals surface area (Å²) in [5.41, 5.74) is 3.11. The molecule has 2 aromatic carbocycles. The summed E-state index contributed by atoms with van der Waals surface area (Å²) in [7, 11) is -3.93. The summed E-state index contributed by atoms with van der Waals surface area (Å²) >= 11 is 0. The van der Waals surface area contributed by atoms with Crippen LogP contribution in [0.1, 0.15) is 47.7 Å². The zero-order chi connectivity index (χ0) is 24.3. The summed E-state index contributed by atoms with van der Waals surface area (Å²) in [6.07, 6.45) is 0. The number of rotatable bonds is 6. The molecule has 0 bridgehead atoms. The number of benzene rings is 2. The minimum atomic E-state index is -3.93. The average molecular weight is 476 g/mol. The lowest BCUT2D eigenvalue weighted by Gasteiger charge is -2.14. The molecule has 2 amide bonds. The highest BCUT2D eigenvalue weighted by molar-refractivity contribution is 7.89. The van der Waals surface area contributed by atoms with Crippen molar-refractivity contribution in [3.05, 3.63) is 69.9 Å². The van der Waals surface area contributed by atoms with Gasteiger partial charge in [0, 0.05) is 11.9 Å². The van der Waals surface area contributed by atoms with Crippen LogP contribution in [0, 0.1) is 5.82 Å². The molecular formula is C21H22FN5O5S. The van der Waals surface area contributed by atoms with Gasteiger partial charge in [0.05, 0.1) is 21.9 Å². The van der Waals surface area contributed by atoms with Crippen molar-refractivity contribution in [1.29, 1.82) is 0 Å². The van der Waals surface area contributed by atoms with Gasteiger partial charge in [-0.25, -0.2) is 22.2 Å². The quantitative estimate of drug-likeness (QED) is 0.462. The highest BCUT2D eigenvalue weighted by Gasteiger charge is 2.21. The van der Waals surface area contributed by atoms with Gasteiger partial charge in [-0.15, -0.1) is 0 Å². The van der Waals surface area contributed by atoms with Gasteiger partial charge in [-0.1, -0.05) is 25.1 Å². The number of aromatic nitrogens is 2. The van der Waals surface area contributed by atoms with Gasteiger partial charge < -0.3 is 0 Å². The maximum absolute atomic E-state index is 14.2. The first-order valence-corrected chi connectivity index (χ1v) is 11.5. The zero-order valence-corrected chi connectivity index (χ0v) is 18.9. The lowest BCUT2D eigenvalue weighted by atomic mass is 10.1. The van der Waals surface area contributed by atoms with Crippen molar-refractivity contribution >= 4 is 32.6 Å². The van der Waals surface area contributed by atoms with Crippen LogP contribution in [-0.2, 0) is 10.0 Å². The minimum absolute atomic E-state index is 0.108. The lowest BCUT2D eigenvalue weighted by Crippen LogP contribution is -2.43. The third-order valence-electron chi connectivity index (χ3n) is 4.65. The Hall–Kier alpha value is -3.64. The molecule has 0 saturated carbocycles. The molecule has 0 fully saturated rings. The first-order valence-electron chi connectivity index (χ1n) is 9.98. The maximum Gasteiger partial charge on any atom is 0.290 e. The molecule has 1 heterocycles. The predicted molar refractivity (Wildman–Crippen MR) is 119 cm³/mol. The number of nitrogens with zero attached hydrogens (tertiary/aromatic N) is 2. The van der Waals surface area contributed by atoms with E-state index in [1.165, 1.54) is 0 Å². The molecule has 0 spiro atoms. The van der Waals surface area contributed by atoms with Gasteiger partial charge in [0.15, 0.2) is 5.69 Å². The molecule has 0 radical (unpaired) electrons. The van der Waals surface area contributed by atoms with Crippen LogP contribution in [0.2, 0.25) is 0 Å². The molecular weight excluding hydrogens is 453 g/mol. The standard InChI is InChI=1S/C21H22FN5O5S/c1-4-23-33(31,32)13-9-10-17(22)16(11-13)19(28)24-25-20(29)18-14-7-5-6-8-15(14)21(30)27(26-18)12(2)3/h5-12,23H,4H2,1-3H3,(H,24,28)(H,25,29). The van der Waals surface area contributed by atoms with Crippen LogP contribution in [-0.4, -0.2) is 36.6 Å². The van der Waals surface area contributed by atoms with Crippen molar-refractivity contribution in [3.63, 3.8) is 0 Å². The topological polar surface area (TPSA) is 139 Å². The molecule has 33 heavy (non-hydrogen) atoms. The molecule has 0 saturated heterocycles.